The third kappa shape index (κ3) is 4.35. The number of aromatic nitrogens is 5. The normalized spacial score (nSPS) is 31.8. The fourth-order valence-electron chi connectivity index (χ4n) is 2.68. The number of H-pyrrole nitrogens is 1. The molecule has 1 fully saturated rings. The first kappa shape index (κ1) is 8.99. The molecule has 0 bridgehead atoms. The Morgan fingerprint density at radius 2 is 2.11 bits per heavy atom. The summed E-state index contributed by atoms with van der Waals surface area (Å²) in [5, 5.41) is 11.5. The summed E-state index contributed by atoms with van der Waals surface area (Å²) < 4.78 is 96.7. The standard InChI is InChI=1S/C20H25N5O2/c26-20-12-9-15-14-17(10-11-18(15)21-20)27-13-5-4-8-19-22-23-24-25(19)16-6-2-1-3-7-16/h9-12,14,16H,1-8,13H2,(H,21,26)/i1D2,2D2,3D2,6D2,7D2,16D. The van der Waals surface area contributed by atoms with E-state index in [1.165, 1.54) is 6.07 Å². The second-order valence-electron chi connectivity index (χ2n) is 5.86. The summed E-state index contributed by atoms with van der Waals surface area (Å²) in [6.07, 6.45) is -17.3. The number of aryl methyl sites for hydroxylation is 1. The molecule has 27 heavy (non-hydrogen) atoms. The van der Waals surface area contributed by atoms with E-state index < -0.39 is 37.9 Å². The number of tetrazole rings is 1. The highest BCUT2D eigenvalue weighted by Gasteiger charge is 2.19. The lowest BCUT2D eigenvalue weighted by Crippen LogP contribution is -2.17. The molecule has 1 aliphatic rings. The maximum Gasteiger partial charge on any atom is 0.248 e. The van der Waals surface area contributed by atoms with E-state index in [0.717, 1.165) is 5.39 Å². The Kier molecular flexibility index (Phi) is 2.77. The predicted molar refractivity (Wildman–Crippen MR) is 103 cm³/mol. The third-order valence-electron chi connectivity index (χ3n) is 3.99. The van der Waals surface area contributed by atoms with Gasteiger partial charge in [0.15, 0.2) is 5.82 Å². The molecule has 0 atom stereocenters. The van der Waals surface area contributed by atoms with Gasteiger partial charge in [0, 0.05) is 37.1 Å². The highest BCUT2D eigenvalue weighted by atomic mass is 16.5. The minimum absolute atomic E-state index is 0.000992. The van der Waals surface area contributed by atoms with E-state index in [1.54, 1.807) is 24.3 Å². The van der Waals surface area contributed by atoms with Crippen molar-refractivity contribution in [3.63, 3.8) is 0 Å². The van der Waals surface area contributed by atoms with Gasteiger partial charge in [0.05, 0.1) is 14.0 Å². The Morgan fingerprint density at radius 1 is 1.22 bits per heavy atom. The number of pyridine rings is 1. The van der Waals surface area contributed by atoms with Crippen molar-refractivity contribution in [2.24, 2.45) is 0 Å². The van der Waals surface area contributed by atoms with E-state index in [-0.39, 0.29) is 24.4 Å². The fraction of sp³-hybridized carbons (Fsp3) is 0.500. The molecular formula is C20H25N5O2. The van der Waals surface area contributed by atoms with Crippen LogP contribution >= 0.6 is 0 Å². The van der Waals surface area contributed by atoms with Gasteiger partial charge in [0.1, 0.15) is 5.75 Å². The molecule has 142 valence electrons. The van der Waals surface area contributed by atoms with Crippen LogP contribution < -0.4 is 10.3 Å². The van der Waals surface area contributed by atoms with Gasteiger partial charge >= 0.3 is 0 Å². The van der Waals surface area contributed by atoms with E-state index in [0.29, 0.717) is 28.8 Å². The lowest BCUT2D eigenvalue weighted by molar-refractivity contribution is 0.301. The van der Waals surface area contributed by atoms with Gasteiger partial charge in [-0.25, -0.2) is 4.68 Å². The quantitative estimate of drug-likeness (QED) is 0.637. The lowest BCUT2D eigenvalue weighted by atomic mass is 9.95. The fourth-order valence-corrected chi connectivity index (χ4v) is 2.68. The molecule has 0 amide bonds. The molecule has 1 aliphatic carbocycles. The molecule has 3 aromatic rings. The van der Waals surface area contributed by atoms with Crippen molar-refractivity contribution < 1.29 is 19.8 Å². The molecule has 4 rings (SSSR count). The van der Waals surface area contributed by atoms with Crippen molar-refractivity contribution in [2.75, 3.05) is 6.61 Å². The molecule has 1 aromatic carbocycles. The van der Waals surface area contributed by atoms with E-state index in [9.17, 15) is 4.79 Å². The molecule has 0 saturated heterocycles. The summed E-state index contributed by atoms with van der Waals surface area (Å²) in [5.74, 6) is 0.373. The van der Waals surface area contributed by atoms with Gasteiger partial charge in [-0.15, -0.1) is 5.10 Å². The molecule has 0 spiro atoms. The van der Waals surface area contributed by atoms with Crippen LogP contribution in [0.15, 0.2) is 35.1 Å². The molecule has 7 heteroatoms. The van der Waals surface area contributed by atoms with Gasteiger partial charge < -0.3 is 9.72 Å². The number of unbranched alkanes of at least 4 members (excludes halogenated alkanes) is 1. The largest absolute Gasteiger partial charge is 0.494 e. The molecule has 7 nitrogen and oxygen atoms in total. The van der Waals surface area contributed by atoms with Crippen molar-refractivity contribution in [1.29, 1.82) is 0 Å². The number of rotatable bonds is 7. The molecule has 2 aromatic heterocycles. The molecule has 1 N–H and O–H groups in total. The van der Waals surface area contributed by atoms with Crippen molar-refractivity contribution in [3.8, 4) is 5.75 Å². The Labute approximate surface area is 173 Å². The Balaban J connectivity index is 1.51. The second kappa shape index (κ2) is 8.33. The summed E-state index contributed by atoms with van der Waals surface area (Å²) in [6, 6.07) is 4.83. The minimum Gasteiger partial charge on any atom is -0.494 e. The van der Waals surface area contributed by atoms with E-state index in [2.05, 4.69) is 20.5 Å². The van der Waals surface area contributed by atoms with Gasteiger partial charge in [-0.05, 0) is 60.3 Å². The molecule has 0 aliphatic heterocycles. The molecule has 2 heterocycles. The van der Waals surface area contributed by atoms with Gasteiger partial charge in [-0.2, -0.15) is 0 Å². The summed E-state index contributed by atoms with van der Waals surface area (Å²) >= 11 is 0. The smallest absolute Gasteiger partial charge is 0.248 e. The number of hydrogen-bond acceptors (Lipinski definition) is 5. The lowest BCUT2D eigenvalue weighted by Gasteiger charge is -2.22. The first-order valence-electron chi connectivity index (χ1n) is 14.0. The first-order valence-corrected chi connectivity index (χ1v) is 8.47. The number of hydrogen-bond donors (Lipinski definition) is 1. The van der Waals surface area contributed by atoms with Gasteiger partial charge in [0.25, 0.3) is 0 Å². The maximum atomic E-state index is 11.4. The van der Waals surface area contributed by atoms with Crippen LogP contribution in [-0.2, 0) is 6.42 Å². The van der Waals surface area contributed by atoms with Gasteiger partial charge in [0.2, 0.25) is 5.56 Å². The number of benzene rings is 1. The Morgan fingerprint density at radius 3 is 3.00 bits per heavy atom. The van der Waals surface area contributed by atoms with Crippen molar-refractivity contribution in [3.05, 3.63) is 46.5 Å². The molecule has 1 saturated carbocycles. The molecule has 0 radical (unpaired) electrons. The minimum atomic E-state index is -3.62. The SMILES string of the molecule is [2H]C1([2H])C([2H])([2H])C([2H])([2H])C([2H])(n2nnnc2CCCCOc2ccc3[nH]c(=O)ccc3c2)C([2H])([2H])C1([2H])[2H]. The zero-order valence-electron chi connectivity index (χ0n) is 25.3. The Hall–Kier alpha value is -2.70. The summed E-state index contributed by atoms with van der Waals surface area (Å²) in [6.45, 7) is 0.245. The van der Waals surface area contributed by atoms with Crippen LogP contribution in [0.4, 0.5) is 0 Å². The van der Waals surface area contributed by atoms with E-state index in [1.807, 2.05) is 0 Å². The van der Waals surface area contributed by atoms with Crippen molar-refractivity contribution in [2.45, 2.75) is 57.1 Å². The van der Waals surface area contributed by atoms with Crippen LogP contribution in [0.3, 0.4) is 0 Å². The average molecular weight is 379 g/mol. The zero-order chi connectivity index (χ0) is 28.4. The van der Waals surface area contributed by atoms with Crippen molar-refractivity contribution >= 4 is 10.9 Å². The first-order chi connectivity index (χ1) is 17.4. The number of ether oxygens (including phenoxy) is 1. The van der Waals surface area contributed by atoms with Crippen LogP contribution in [0, 0.1) is 0 Å². The van der Waals surface area contributed by atoms with Crippen LogP contribution in [-0.4, -0.2) is 31.8 Å². The average Bonchev–Trinajstić information content (AvgIpc) is 3.30. The van der Waals surface area contributed by atoms with E-state index in [4.69, 9.17) is 19.8 Å². The predicted octanol–water partition coefficient (Wildman–Crippen LogP) is 3.42. The highest BCUT2D eigenvalue weighted by Crippen LogP contribution is 2.28. The zero-order valence-corrected chi connectivity index (χ0v) is 14.3. The Bertz CT molecular complexity index is 1380. The van der Waals surface area contributed by atoms with Gasteiger partial charge in [-0.3, -0.25) is 4.79 Å². The monoisotopic (exact) mass is 378 g/mol. The summed E-state index contributed by atoms with van der Waals surface area (Å²) in [4.78, 5) is 14.1. The van der Waals surface area contributed by atoms with Crippen molar-refractivity contribution in [1.82, 2.24) is 25.2 Å². The van der Waals surface area contributed by atoms with Crippen LogP contribution in [0.25, 0.3) is 10.9 Å². The van der Waals surface area contributed by atoms with Gasteiger partial charge in [-0.1, -0.05) is 19.1 Å². The third-order valence-corrected chi connectivity index (χ3v) is 3.99. The highest BCUT2D eigenvalue weighted by molar-refractivity contribution is 5.79. The topological polar surface area (TPSA) is 85.7 Å². The number of nitrogens with one attached hydrogen (secondary N) is 1. The molecule has 0 unspecified atom stereocenters. The van der Waals surface area contributed by atoms with Crippen LogP contribution in [0.2, 0.25) is 0 Å². The number of nitrogens with zero attached hydrogens (tertiary/aromatic N) is 4. The van der Waals surface area contributed by atoms with Crippen LogP contribution in [0.5, 0.6) is 5.75 Å². The van der Waals surface area contributed by atoms with Crippen LogP contribution in [0.1, 0.15) is 71.6 Å². The number of aromatic amines is 1. The summed E-state index contributed by atoms with van der Waals surface area (Å²) in [7, 11) is 0. The maximum absolute atomic E-state index is 11.4. The molecular weight excluding hydrogens is 342 g/mol. The van der Waals surface area contributed by atoms with E-state index >= 15 is 0 Å². The summed E-state index contributed by atoms with van der Waals surface area (Å²) in [5.41, 5.74) is 0.439. The second-order valence-corrected chi connectivity index (χ2v) is 5.86. The number of fused-ring (bicyclic) bond motifs is 1.